The molecule has 0 radical (unpaired) electrons. The van der Waals surface area contributed by atoms with Crippen LogP contribution in [-0.2, 0) is 11.2 Å². The predicted octanol–water partition coefficient (Wildman–Crippen LogP) is 3.55. The van der Waals surface area contributed by atoms with Gasteiger partial charge in [0.05, 0.1) is 6.42 Å². The summed E-state index contributed by atoms with van der Waals surface area (Å²) in [7, 11) is 0. The second-order valence-electron chi connectivity index (χ2n) is 4.18. The van der Waals surface area contributed by atoms with E-state index >= 15 is 0 Å². The van der Waals surface area contributed by atoms with E-state index in [0.29, 0.717) is 6.42 Å². The minimum absolute atomic E-state index is 0.0393. The van der Waals surface area contributed by atoms with E-state index in [1.165, 1.54) is 0 Å². The van der Waals surface area contributed by atoms with E-state index in [1.54, 1.807) is 11.3 Å². The van der Waals surface area contributed by atoms with Gasteiger partial charge in [-0.15, -0.1) is 11.3 Å². The minimum atomic E-state index is 0.0393. The first-order valence-electron chi connectivity index (χ1n) is 5.54. The number of anilines is 1. The number of rotatable bonds is 3. The molecule has 1 aromatic heterocycles. The van der Waals surface area contributed by atoms with Gasteiger partial charge in [0, 0.05) is 10.6 Å². The number of hydrogen-bond acceptors (Lipinski definition) is 2. The zero-order chi connectivity index (χ0) is 12.3. The Balaban J connectivity index is 2.03. The van der Waals surface area contributed by atoms with Gasteiger partial charge in [-0.25, -0.2) is 0 Å². The zero-order valence-electron chi connectivity index (χ0n) is 9.99. The molecule has 2 rings (SSSR count). The molecule has 3 heteroatoms. The zero-order valence-corrected chi connectivity index (χ0v) is 10.8. The topological polar surface area (TPSA) is 29.1 Å². The maximum absolute atomic E-state index is 11.8. The van der Waals surface area contributed by atoms with Gasteiger partial charge < -0.3 is 5.32 Å². The molecule has 0 aliphatic carbocycles. The Hall–Kier alpha value is -1.61. The smallest absolute Gasteiger partial charge is 0.229 e. The molecule has 0 aliphatic heterocycles. The van der Waals surface area contributed by atoms with Crippen LogP contribution in [-0.4, -0.2) is 5.91 Å². The average molecular weight is 245 g/mol. The molecule has 0 bridgehead atoms. The quantitative estimate of drug-likeness (QED) is 0.880. The largest absolute Gasteiger partial charge is 0.326 e. The van der Waals surface area contributed by atoms with Crippen LogP contribution in [0.5, 0.6) is 0 Å². The van der Waals surface area contributed by atoms with Crippen LogP contribution in [0.4, 0.5) is 5.69 Å². The van der Waals surface area contributed by atoms with Gasteiger partial charge in [0.2, 0.25) is 5.91 Å². The summed E-state index contributed by atoms with van der Waals surface area (Å²) in [6.45, 7) is 4.06. The van der Waals surface area contributed by atoms with Crippen molar-refractivity contribution in [2.24, 2.45) is 0 Å². The van der Waals surface area contributed by atoms with Gasteiger partial charge in [-0.3, -0.25) is 4.79 Å². The molecule has 1 aromatic carbocycles. The van der Waals surface area contributed by atoms with Crippen molar-refractivity contribution in [2.45, 2.75) is 20.3 Å². The SMILES string of the molecule is Cc1cc(C)cc(NC(=O)Cc2cccs2)c1. The molecule has 88 valence electrons. The summed E-state index contributed by atoms with van der Waals surface area (Å²) >= 11 is 1.61. The third-order valence-corrected chi connectivity index (χ3v) is 3.30. The van der Waals surface area contributed by atoms with Crippen molar-refractivity contribution >= 4 is 22.9 Å². The molecule has 2 aromatic rings. The Morgan fingerprint density at radius 3 is 2.53 bits per heavy atom. The van der Waals surface area contributed by atoms with Crippen LogP contribution in [0.3, 0.4) is 0 Å². The highest BCUT2D eigenvalue weighted by Crippen LogP contribution is 2.15. The molecule has 1 N–H and O–H groups in total. The van der Waals surface area contributed by atoms with Crippen LogP contribution < -0.4 is 5.32 Å². The molecule has 1 heterocycles. The molecule has 17 heavy (non-hydrogen) atoms. The van der Waals surface area contributed by atoms with E-state index < -0.39 is 0 Å². The number of carbonyl (C=O) groups excluding carboxylic acids is 1. The second kappa shape index (κ2) is 5.15. The Kier molecular flexibility index (Phi) is 3.59. The molecule has 0 fully saturated rings. The van der Waals surface area contributed by atoms with Crippen LogP contribution in [0.25, 0.3) is 0 Å². The van der Waals surface area contributed by atoms with Crippen LogP contribution in [0.2, 0.25) is 0 Å². The Morgan fingerprint density at radius 1 is 1.24 bits per heavy atom. The Bertz CT molecular complexity index is 497. The van der Waals surface area contributed by atoms with Crippen LogP contribution in [0.1, 0.15) is 16.0 Å². The lowest BCUT2D eigenvalue weighted by Crippen LogP contribution is -2.13. The van der Waals surface area contributed by atoms with Gasteiger partial charge in [-0.1, -0.05) is 12.1 Å². The standard InChI is InChI=1S/C14H15NOS/c1-10-6-11(2)8-12(7-10)15-14(16)9-13-4-3-5-17-13/h3-8H,9H2,1-2H3,(H,15,16). The normalized spacial score (nSPS) is 10.2. The fraction of sp³-hybridized carbons (Fsp3) is 0.214. The summed E-state index contributed by atoms with van der Waals surface area (Å²) in [5, 5.41) is 4.92. The molecular weight excluding hydrogens is 230 g/mol. The molecule has 0 saturated heterocycles. The summed E-state index contributed by atoms with van der Waals surface area (Å²) < 4.78 is 0. The molecule has 2 nitrogen and oxygen atoms in total. The highest BCUT2D eigenvalue weighted by molar-refractivity contribution is 7.10. The van der Waals surface area contributed by atoms with Gasteiger partial charge in [0.1, 0.15) is 0 Å². The van der Waals surface area contributed by atoms with Gasteiger partial charge in [0.15, 0.2) is 0 Å². The third-order valence-electron chi connectivity index (χ3n) is 2.42. The van der Waals surface area contributed by atoms with Crippen LogP contribution >= 0.6 is 11.3 Å². The number of hydrogen-bond donors (Lipinski definition) is 1. The summed E-state index contributed by atoms with van der Waals surface area (Å²) in [5.41, 5.74) is 3.21. The van der Waals surface area contributed by atoms with Crippen molar-refractivity contribution < 1.29 is 4.79 Å². The van der Waals surface area contributed by atoms with E-state index in [2.05, 4.69) is 11.4 Å². The van der Waals surface area contributed by atoms with Crippen molar-refractivity contribution in [1.82, 2.24) is 0 Å². The molecule has 0 spiro atoms. The van der Waals surface area contributed by atoms with Crippen molar-refractivity contribution in [1.29, 1.82) is 0 Å². The van der Waals surface area contributed by atoms with Crippen molar-refractivity contribution in [3.8, 4) is 0 Å². The number of benzene rings is 1. The number of thiophene rings is 1. The van der Waals surface area contributed by atoms with E-state index in [4.69, 9.17) is 0 Å². The first kappa shape index (κ1) is 11.9. The average Bonchev–Trinajstić information content (AvgIpc) is 2.67. The number of nitrogens with one attached hydrogen (secondary N) is 1. The molecule has 0 unspecified atom stereocenters. The molecule has 0 saturated carbocycles. The lowest BCUT2D eigenvalue weighted by atomic mass is 10.1. The summed E-state index contributed by atoms with van der Waals surface area (Å²) in [5.74, 6) is 0.0393. The molecule has 0 aliphatic rings. The maximum Gasteiger partial charge on any atom is 0.229 e. The van der Waals surface area contributed by atoms with Crippen molar-refractivity contribution in [3.05, 3.63) is 51.7 Å². The third kappa shape index (κ3) is 3.43. The lowest BCUT2D eigenvalue weighted by Gasteiger charge is -2.06. The first-order valence-corrected chi connectivity index (χ1v) is 6.42. The van der Waals surface area contributed by atoms with Crippen molar-refractivity contribution in [2.75, 3.05) is 5.32 Å². The molecule has 0 atom stereocenters. The van der Waals surface area contributed by atoms with Gasteiger partial charge in [-0.05, 0) is 48.6 Å². The van der Waals surface area contributed by atoms with E-state index in [0.717, 1.165) is 21.7 Å². The van der Waals surface area contributed by atoms with Crippen LogP contribution in [0, 0.1) is 13.8 Å². The summed E-state index contributed by atoms with van der Waals surface area (Å²) in [4.78, 5) is 12.9. The molecule has 1 amide bonds. The maximum atomic E-state index is 11.8. The highest BCUT2D eigenvalue weighted by atomic mass is 32.1. The lowest BCUT2D eigenvalue weighted by molar-refractivity contribution is -0.115. The number of amides is 1. The van der Waals surface area contributed by atoms with E-state index in [-0.39, 0.29) is 5.91 Å². The fourth-order valence-electron chi connectivity index (χ4n) is 1.82. The highest BCUT2D eigenvalue weighted by Gasteiger charge is 2.05. The predicted molar refractivity (Wildman–Crippen MR) is 72.6 cm³/mol. The number of carbonyl (C=O) groups is 1. The number of aryl methyl sites for hydroxylation is 2. The van der Waals surface area contributed by atoms with E-state index in [9.17, 15) is 4.79 Å². The second-order valence-corrected chi connectivity index (χ2v) is 5.21. The van der Waals surface area contributed by atoms with Gasteiger partial charge in [-0.2, -0.15) is 0 Å². The summed E-state index contributed by atoms with van der Waals surface area (Å²) in [6.07, 6.45) is 0.449. The van der Waals surface area contributed by atoms with E-state index in [1.807, 2.05) is 43.5 Å². The molecular formula is C14H15NOS. The minimum Gasteiger partial charge on any atom is -0.326 e. The monoisotopic (exact) mass is 245 g/mol. The van der Waals surface area contributed by atoms with Crippen LogP contribution in [0.15, 0.2) is 35.7 Å². The Labute approximate surface area is 105 Å². The first-order chi connectivity index (χ1) is 8.13. The fourth-order valence-corrected chi connectivity index (χ4v) is 2.53. The van der Waals surface area contributed by atoms with Crippen molar-refractivity contribution in [3.63, 3.8) is 0 Å². The summed E-state index contributed by atoms with van der Waals surface area (Å²) in [6, 6.07) is 10.0. The van der Waals surface area contributed by atoms with Gasteiger partial charge >= 0.3 is 0 Å². The Morgan fingerprint density at radius 2 is 1.94 bits per heavy atom. The van der Waals surface area contributed by atoms with Gasteiger partial charge in [0.25, 0.3) is 0 Å².